The van der Waals surface area contributed by atoms with Gasteiger partial charge in [0.2, 0.25) is 5.91 Å². The quantitative estimate of drug-likeness (QED) is 0.674. The summed E-state index contributed by atoms with van der Waals surface area (Å²) < 4.78 is 0. The summed E-state index contributed by atoms with van der Waals surface area (Å²) >= 11 is 1.67. The second kappa shape index (κ2) is 8.98. The van der Waals surface area contributed by atoms with Gasteiger partial charge in [-0.25, -0.2) is 0 Å². The van der Waals surface area contributed by atoms with E-state index in [2.05, 4.69) is 10.6 Å². The Labute approximate surface area is 149 Å². The molecule has 0 saturated carbocycles. The Hall–Kier alpha value is -2.67. The molecule has 2 aromatic rings. The van der Waals surface area contributed by atoms with Gasteiger partial charge in [-0.3, -0.25) is 14.4 Å². The van der Waals surface area contributed by atoms with Gasteiger partial charge in [-0.1, -0.05) is 12.1 Å². The molecule has 132 valence electrons. The van der Waals surface area contributed by atoms with Crippen molar-refractivity contribution in [3.8, 4) is 0 Å². The average molecular weight is 360 g/mol. The monoisotopic (exact) mass is 360 g/mol. The van der Waals surface area contributed by atoms with Crippen molar-refractivity contribution in [1.82, 2.24) is 5.32 Å². The first-order chi connectivity index (χ1) is 12.0. The summed E-state index contributed by atoms with van der Waals surface area (Å²) in [4.78, 5) is 36.1. The average Bonchev–Trinajstić information content (AvgIpc) is 3.08. The molecule has 1 unspecified atom stereocenters. The molecule has 0 aliphatic heterocycles. The Morgan fingerprint density at radius 1 is 1.20 bits per heavy atom. The number of aliphatic carboxylic acids is 1. The Bertz CT molecular complexity index is 743. The number of carboxylic acids is 1. The van der Waals surface area contributed by atoms with Gasteiger partial charge in [0.25, 0.3) is 5.91 Å². The zero-order chi connectivity index (χ0) is 18.2. The lowest BCUT2D eigenvalue weighted by molar-refractivity contribution is -0.138. The third-order valence-electron chi connectivity index (χ3n) is 3.53. The second-order valence-electron chi connectivity index (χ2n) is 5.60. The molecule has 25 heavy (non-hydrogen) atoms. The smallest absolute Gasteiger partial charge is 0.325 e. The number of thiophene rings is 1. The minimum Gasteiger partial charge on any atom is -0.480 e. The summed E-state index contributed by atoms with van der Waals surface area (Å²) in [6.07, 6.45) is 2.01. The lowest BCUT2D eigenvalue weighted by Gasteiger charge is -2.10. The maximum Gasteiger partial charge on any atom is 0.325 e. The van der Waals surface area contributed by atoms with Crippen LogP contribution in [-0.4, -0.2) is 28.9 Å². The lowest BCUT2D eigenvalue weighted by Crippen LogP contribution is -2.38. The largest absolute Gasteiger partial charge is 0.480 e. The Morgan fingerprint density at radius 2 is 2.00 bits per heavy atom. The highest BCUT2D eigenvalue weighted by atomic mass is 32.1. The summed E-state index contributed by atoms with van der Waals surface area (Å²) in [5, 5.41) is 16.0. The van der Waals surface area contributed by atoms with E-state index in [0.717, 1.165) is 12.8 Å². The van der Waals surface area contributed by atoms with E-state index in [1.165, 1.54) is 17.9 Å². The van der Waals surface area contributed by atoms with E-state index in [1.54, 1.807) is 29.5 Å². The number of rotatable bonds is 8. The van der Waals surface area contributed by atoms with Crippen molar-refractivity contribution in [1.29, 1.82) is 0 Å². The number of benzene rings is 1. The normalized spacial score (nSPS) is 11.6. The number of carbonyl (C=O) groups excluding carboxylic acids is 2. The van der Waals surface area contributed by atoms with Crippen LogP contribution in [0.4, 0.5) is 5.69 Å². The molecule has 7 heteroatoms. The van der Waals surface area contributed by atoms with Crippen LogP contribution in [0.1, 0.15) is 35.0 Å². The minimum absolute atomic E-state index is 0.118. The highest BCUT2D eigenvalue weighted by Crippen LogP contribution is 2.14. The summed E-state index contributed by atoms with van der Waals surface area (Å²) in [5.74, 6) is -1.72. The van der Waals surface area contributed by atoms with Gasteiger partial charge in [-0.15, -0.1) is 11.3 Å². The fraction of sp³-hybridized carbons (Fsp3) is 0.278. The fourth-order valence-electron chi connectivity index (χ4n) is 2.18. The number of hydrogen-bond acceptors (Lipinski definition) is 4. The van der Waals surface area contributed by atoms with E-state index in [1.807, 2.05) is 17.5 Å². The molecule has 1 heterocycles. The van der Waals surface area contributed by atoms with Crippen LogP contribution in [-0.2, 0) is 16.0 Å². The van der Waals surface area contributed by atoms with Crippen LogP contribution in [0.2, 0.25) is 0 Å². The van der Waals surface area contributed by atoms with E-state index in [9.17, 15) is 14.4 Å². The van der Waals surface area contributed by atoms with Crippen LogP contribution in [0.5, 0.6) is 0 Å². The molecule has 0 radical (unpaired) electrons. The fourth-order valence-corrected chi connectivity index (χ4v) is 2.93. The molecule has 0 saturated heterocycles. The predicted octanol–water partition coefficient (Wildman–Crippen LogP) is 2.91. The summed E-state index contributed by atoms with van der Waals surface area (Å²) in [5.41, 5.74) is 0.807. The Balaban J connectivity index is 1.86. The highest BCUT2D eigenvalue weighted by Gasteiger charge is 2.15. The molecule has 6 nitrogen and oxygen atoms in total. The first-order valence-corrected chi connectivity index (χ1v) is 8.79. The zero-order valence-corrected chi connectivity index (χ0v) is 14.6. The number of hydrogen-bond donors (Lipinski definition) is 3. The number of amides is 2. The number of anilines is 1. The number of carbonyl (C=O) groups is 3. The molecule has 3 N–H and O–H groups in total. The van der Waals surface area contributed by atoms with Gasteiger partial charge in [0.15, 0.2) is 0 Å². The van der Waals surface area contributed by atoms with Crippen LogP contribution in [0.15, 0.2) is 41.8 Å². The summed E-state index contributed by atoms with van der Waals surface area (Å²) in [6.45, 7) is 1.39. The van der Waals surface area contributed by atoms with Gasteiger partial charge in [-0.05, 0) is 49.4 Å². The van der Waals surface area contributed by atoms with Crippen molar-refractivity contribution in [3.05, 3.63) is 52.2 Å². The predicted molar refractivity (Wildman–Crippen MR) is 96.9 cm³/mol. The molecule has 1 aromatic heterocycles. The Morgan fingerprint density at radius 3 is 2.68 bits per heavy atom. The van der Waals surface area contributed by atoms with Crippen molar-refractivity contribution in [2.45, 2.75) is 32.2 Å². The number of aryl methyl sites for hydroxylation is 1. The first kappa shape index (κ1) is 18.7. The van der Waals surface area contributed by atoms with Crippen LogP contribution in [0.3, 0.4) is 0 Å². The molecule has 0 bridgehead atoms. The molecule has 0 aliphatic carbocycles. The molecule has 1 atom stereocenters. The third kappa shape index (κ3) is 6.04. The topological polar surface area (TPSA) is 95.5 Å². The van der Waals surface area contributed by atoms with Crippen LogP contribution < -0.4 is 10.6 Å². The van der Waals surface area contributed by atoms with Crippen molar-refractivity contribution >= 4 is 34.8 Å². The van der Waals surface area contributed by atoms with Gasteiger partial charge >= 0.3 is 5.97 Å². The maximum atomic E-state index is 12.0. The van der Waals surface area contributed by atoms with Crippen molar-refractivity contribution < 1.29 is 19.5 Å². The van der Waals surface area contributed by atoms with E-state index in [-0.39, 0.29) is 5.91 Å². The molecule has 0 spiro atoms. The van der Waals surface area contributed by atoms with E-state index < -0.39 is 17.9 Å². The third-order valence-corrected chi connectivity index (χ3v) is 4.47. The zero-order valence-electron chi connectivity index (χ0n) is 13.8. The van der Waals surface area contributed by atoms with Crippen molar-refractivity contribution in [2.75, 3.05) is 5.32 Å². The van der Waals surface area contributed by atoms with E-state index in [0.29, 0.717) is 17.7 Å². The molecular weight excluding hydrogens is 340 g/mol. The maximum absolute atomic E-state index is 12.0. The van der Waals surface area contributed by atoms with Gasteiger partial charge in [-0.2, -0.15) is 0 Å². The number of carboxylic acid groups (broad SMARTS) is 1. The summed E-state index contributed by atoms with van der Waals surface area (Å²) in [7, 11) is 0. The minimum atomic E-state index is -1.11. The van der Waals surface area contributed by atoms with Gasteiger partial charge in [0.1, 0.15) is 6.04 Å². The van der Waals surface area contributed by atoms with Crippen molar-refractivity contribution in [3.63, 3.8) is 0 Å². The van der Waals surface area contributed by atoms with Crippen LogP contribution in [0, 0.1) is 0 Å². The van der Waals surface area contributed by atoms with E-state index >= 15 is 0 Å². The standard InChI is InChI=1S/C18H20N2O4S/c1-12(18(23)24)19-17(22)13-5-2-6-14(11-13)20-16(21)9-3-7-15-8-4-10-25-15/h2,4-6,8,10-12H,3,7,9H2,1H3,(H,19,22)(H,20,21)(H,23,24). The van der Waals surface area contributed by atoms with Crippen LogP contribution >= 0.6 is 11.3 Å². The highest BCUT2D eigenvalue weighted by molar-refractivity contribution is 7.09. The molecule has 0 fully saturated rings. The second-order valence-corrected chi connectivity index (χ2v) is 6.63. The van der Waals surface area contributed by atoms with Crippen LogP contribution in [0.25, 0.3) is 0 Å². The molecular formula is C18H20N2O4S. The Kier molecular flexibility index (Phi) is 6.71. The molecule has 0 aliphatic rings. The SMILES string of the molecule is CC(NC(=O)c1cccc(NC(=O)CCCc2cccs2)c1)C(=O)O. The van der Waals surface area contributed by atoms with Gasteiger partial charge in [0.05, 0.1) is 0 Å². The summed E-state index contributed by atoms with van der Waals surface area (Å²) in [6, 6.07) is 9.47. The van der Waals surface area contributed by atoms with Gasteiger partial charge in [0, 0.05) is 22.5 Å². The lowest BCUT2D eigenvalue weighted by atomic mass is 10.1. The molecule has 2 rings (SSSR count). The molecule has 1 aromatic carbocycles. The van der Waals surface area contributed by atoms with Gasteiger partial charge < -0.3 is 15.7 Å². The van der Waals surface area contributed by atoms with E-state index in [4.69, 9.17) is 5.11 Å². The molecule has 2 amide bonds. The number of nitrogens with one attached hydrogen (secondary N) is 2. The first-order valence-electron chi connectivity index (χ1n) is 7.91. The van der Waals surface area contributed by atoms with Crippen molar-refractivity contribution in [2.24, 2.45) is 0 Å².